The quantitative estimate of drug-likeness (QED) is 0.852. The first-order chi connectivity index (χ1) is 7.80. The van der Waals surface area contributed by atoms with Gasteiger partial charge in [-0.1, -0.05) is 27.7 Å². The first-order valence-corrected chi connectivity index (χ1v) is 6.54. The maximum absolute atomic E-state index is 4.34. The van der Waals surface area contributed by atoms with Crippen LogP contribution in [0.1, 0.15) is 53.1 Å². The van der Waals surface area contributed by atoms with Crippen LogP contribution in [0, 0.1) is 11.3 Å². The van der Waals surface area contributed by atoms with E-state index in [0.717, 1.165) is 13.1 Å². The van der Waals surface area contributed by atoms with Crippen molar-refractivity contribution in [2.45, 2.75) is 54.1 Å². The fraction of sp³-hybridized carbons (Fsp3) is 0.786. The number of hydrogen-bond donors (Lipinski definition) is 1. The monoisotopic (exact) mass is 237 g/mol. The molecule has 98 valence electrons. The van der Waals surface area contributed by atoms with Gasteiger partial charge < -0.3 is 5.32 Å². The molecule has 1 N–H and O–H groups in total. The Labute approximate surface area is 106 Å². The van der Waals surface area contributed by atoms with Crippen molar-refractivity contribution < 1.29 is 0 Å². The molecule has 1 aromatic rings. The summed E-state index contributed by atoms with van der Waals surface area (Å²) < 4.78 is 2.00. The summed E-state index contributed by atoms with van der Waals surface area (Å²) in [6.07, 6.45) is 4.08. The van der Waals surface area contributed by atoms with Crippen molar-refractivity contribution >= 4 is 0 Å². The van der Waals surface area contributed by atoms with Gasteiger partial charge in [-0.2, -0.15) is 5.10 Å². The van der Waals surface area contributed by atoms with Gasteiger partial charge in [-0.3, -0.25) is 4.68 Å². The van der Waals surface area contributed by atoms with Crippen LogP contribution in [0.2, 0.25) is 0 Å². The lowest BCUT2D eigenvalue weighted by Crippen LogP contribution is -2.29. The van der Waals surface area contributed by atoms with E-state index in [4.69, 9.17) is 0 Å². The Morgan fingerprint density at radius 2 is 1.94 bits per heavy atom. The van der Waals surface area contributed by atoms with Crippen LogP contribution in [-0.4, -0.2) is 16.3 Å². The molecule has 1 rings (SSSR count). The summed E-state index contributed by atoms with van der Waals surface area (Å²) in [7, 11) is 0. The second kappa shape index (κ2) is 5.67. The Morgan fingerprint density at radius 1 is 1.29 bits per heavy atom. The Bertz CT molecular complexity index is 333. The molecule has 0 aliphatic rings. The van der Waals surface area contributed by atoms with Crippen LogP contribution in [0.25, 0.3) is 0 Å². The second-order valence-corrected chi connectivity index (χ2v) is 6.32. The fourth-order valence-electron chi connectivity index (χ4n) is 1.49. The molecular formula is C14H27N3. The first-order valence-electron chi connectivity index (χ1n) is 6.54. The second-order valence-electron chi connectivity index (χ2n) is 6.32. The van der Waals surface area contributed by atoms with Gasteiger partial charge >= 0.3 is 0 Å². The molecule has 0 aliphatic carbocycles. The van der Waals surface area contributed by atoms with Crippen LogP contribution in [-0.2, 0) is 6.54 Å². The number of nitrogens with zero attached hydrogens (tertiary/aromatic N) is 2. The van der Waals surface area contributed by atoms with E-state index in [-0.39, 0.29) is 0 Å². The molecule has 1 aromatic heterocycles. The number of nitrogens with one attached hydrogen (secondary N) is 1. The summed E-state index contributed by atoms with van der Waals surface area (Å²) in [6, 6.07) is 0.442. The number of hydrogen-bond acceptors (Lipinski definition) is 2. The SMILES string of the molecule is CC(C)n1cc(CNCC(C)C(C)(C)C)cn1. The van der Waals surface area contributed by atoms with Crippen molar-refractivity contribution in [2.24, 2.45) is 11.3 Å². The lowest BCUT2D eigenvalue weighted by molar-refractivity contribution is 0.252. The van der Waals surface area contributed by atoms with E-state index in [9.17, 15) is 0 Å². The van der Waals surface area contributed by atoms with E-state index in [2.05, 4.69) is 58.2 Å². The van der Waals surface area contributed by atoms with Crippen LogP contribution in [0.4, 0.5) is 0 Å². The summed E-state index contributed by atoms with van der Waals surface area (Å²) >= 11 is 0. The van der Waals surface area contributed by atoms with Gasteiger partial charge in [0.25, 0.3) is 0 Å². The van der Waals surface area contributed by atoms with Gasteiger partial charge in [0.05, 0.1) is 6.20 Å². The molecule has 0 aromatic carbocycles. The molecule has 1 atom stereocenters. The summed E-state index contributed by atoms with van der Waals surface area (Å²) in [5.74, 6) is 0.669. The first kappa shape index (κ1) is 14.2. The highest BCUT2D eigenvalue weighted by molar-refractivity contribution is 5.03. The molecule has 0 saturated carbocycles. The van der Waals surface area contributed by atoms with Crippen molar-refractivity contribution in [1.82, 2.24) is 15.1 Å². The highest BCUT2D eigenvalue weighted by atomic mass is 15.3. The fourth-order valence-corrected chi connectivity index (χ4v) is 1.49. The third-order valence-corrected chi connectivity index (χ3v) is 3.44. The van der Waals surface area contributed by atoms with Gasteiger partial charge in [0.1, 0.15) is 0 Å². The summed E-state index contributed by atoms with van der Waals surface area (Å²) in [5, 5.41) is 7.85. The van der Waals surface area contributed by atoms with Gasteiger partial charge in [-0.25, -0.2) is 0 Å². The third-order valence-electron chi connectivity index (χ3n) is 3.44. The third kappa shape index (κ3) is 4.50. The molecule has 0 radical (unpaired) electrons. The Morgan fingerprint density at radius 3 is 2.41 bits per heavy atom. The average molecular weight is 237 g/mol. The highest BCUT2D eigenvalue weighted by Crippen LogP contribution is 2.24. The summed E-state index contributed by atoms with van der Waals surface area (Å²) in [4.78, 5) is 0. The van der Waals surface area contributed by atoms with Gasteiger partial charge in [0.2, 0.25) is 0 Å². The Hall–Kier alpha value is -0.830. The normalized spacial score (nSPS) is 14.3. The maximum Gasteiger partial charge on any atom is 0.0534 e. The largest absolute Gasteiger partial charge is 0.312 e. The van der Waals surface area contributed by atoms with Crippen molar-refractivity contribution in [3.63, 3.8) is 0 Å². The molecule has 1 unspecified atom stereocenters. The molecule has 0 amide bonds. The van der Waals surface area contributed by atoms with Crippen molar-refractivity contribution in [3.8, 4) is 0 Å². The minimum absolute atomic E-state index is 0.370. The Balaban J connectivity index is 2.36. The molecule has 0 saturated heterocycles. The zero-order chi connectivity index (χ0) is 13.1. The zero-order valence-corrected chi connectivity index (χ0v) is 12.1. The summed E-state index contributed by atoms with van der Waals surface area (Å²) in [5.41, 5.74) is 1.63. The van der Waals surface area contributed by atoms with Crippen LogP contribution in [0.3, 0.4) is 0 Å². The number of rotatable bonds is 5. The van der Waals surface area contributed by atoms with Crippen LogP contribution >= 0.6 is 0 Å². The van der Waals surface area contributed by atoms with Gasteiger partial charge in [-0.05, 0) is 31.7 Å². The van der Waals surface area contributed by atoms with Gasteiger partial charge in [0, 0.05) is 24.3 Å². The van der Waals surface area contributed by atoms with Crippen LogP contribution < -0.4 is 5.32 Å². The molecule has 3 nitrogen and oxygen atoms in total. The van der Waals surface area contributed by atoms with E-state index < -0.39 is 0 Å². The predicted octanol–water partition coefficient (Wildman–Crippen LogP) is 3.24. The van der Waals surface area contributed by atoms with Crippen LogP contribution in [0.15, 0.2) is 12.4 Å². The minimum atomic E-state index is 0.370. The Kier molecular flexibility index (Phi) is 4.75. The molecule has 0 aliphatic heterocycles. The van der Waals surface area contributed by atoms with E-state index in [1.165, 1.54) is 5.56 Å². The predicted molar refractivity (Wildman–Crippen MR) is 72.9 cm³/mol. The molecule has 0 bridgehead atoms. The van der Waals surface area contributed by atoms with Crippen molar-refractivity contribution in [1.29, 1.82) is 0 Å². The molecule has 17 heavy (non-hydrogen) atoms. The zero-order valence-electron chi connectivity index (χ0n) is 12.1. The minimum Gasteiger partial charge on any atom is -0.312 e. The topological polar surface area (TPSA) is 29.9 Å². The maximum atomic E-state index is 4.34. The lowest BCUT2D eigenvalue weighted by atomic mass is 9.82. The average Bonchev–Trinajstić information content (AvgIpc) is 2.64. The van der Waals surface area contributed by atoms with E-state index in [1.54, 1.807) is 0 Å². The van der Waals surface area contributed by atoms with E-state index in [0.29, 0.717) is 17.4 Å². The van der Waals surface area contributed by atoms with E-state index >= 15 is 0 Å². The lowest BCUT2D eigenvalue weighted by Gasteiger charge is -2.27. The molecule has 0 spiro atoms. The van der Waals surface area contributed by atoms with Crippen molar-refractivity contribution in [3.05, 3.63) is 18.0 Å². The van der Waals surface area contributed by atoms with E-state index in [1.807, 2.05) is 10.9 Å². The molecular weight excluding hydrogens is 210 g/mol. The number of aromatic nitrogens is 2. The highest BCUT2D eigenvalue weighted by Gasteiger charge is 2.19. The standard InChI is InChI=1S/C14H27N3/c1-11(2)17-10-13(9-16-17)8-15-7-12(3)14(4,5)6/h9-12,15H,7-8H2,1-6H3. The summed E-state index contributed by atoms with van der Waals surface area (Å²) in [6.45, 7) is 15.4. The molecule has 3 heteroatoms. The van der Waals surface area contributed by atoms with Crippen LogP contribution in [0.5, 0.6) is 0 Å². The smallest absolute Gasteiger partial charge is 0.0534 e. The van der Waals surface area contributed by atoms with Gasteiger partial charge in [0.15, 0.2) is 0 Å². The molecule has 0 fully saturated rings. The van der Waals surface area contributed by atoms with Gasteiger partial charge in [-0.15, -0.1) is 0 Å². The van der Waals surface area contributed by atoms with Crippen molar-refractivity contribution in [2.75, 3.05) is 6.54 Å². The molecule has 1 heterocycles.